The molecular weight excluding hydrogens is 456 g/mol. The van der Waals surface area contributed by atoms with Crippen LogP contribution in [-0.4, -0.2) is 31.3 Å². The predicted octanol–water partition coefficient (Wildman–Crippen LogP) is 3.45. The summed E-state index contributed by atoms with van der Waals surface area (Å²) in [5.74, 6) is 0.896. The number of fused-ring (bicyclic) bond motifs is 1. The Morgan fingerprint density at radius 3 is 2.68 bits per heavy atom. The number of furan rings is 1. The number of para-hydroxylation sites is 1. The molecule has 4 rings (SSSR count). The molecule has 0 saturated heterocycles. The van der Waals surface area contributed by atoms with Crippen LogP contribution in [0.4, 0.5) is 0 Å². The summed E-state index contributed by atoms with van der Waals surface area (Å²) in [4.78, 5) is 16.5. The van der Waals surface area contributed by atoms with Gasteiger partial charge >= 0.3 is 0 Å². The molecule has 31 heavy (non-hydrogen) atoms. The van der Waals surface area contributed by atoms with E-state index in [1.165, 1.54) is 30.1 Å². The summed E-state index contributed by atoms with van der Waals surface area (Å²) < 4.78 is 30.2. The van der Waals surface area contributed by atoms with Crippen LogP contribution in [0.15, 0.2) is 79.4 Å². The van der Waals surface area contributed by atoms with Crippen molar-refractivity contribution < 1.29 is 17.6 Å². The highest BCUT2D eigenvalue weighted by Crippen LogP contribution is 2.29. The number of nitrogens with zero attached hydrogens (tertiary/aromatic N) is 2. The molecule has 0 aliphatic heterocycles. The van der Waals surface area contributed by atoms with Crippen molar-refractivity contribution in [2.75, 3.05) is 5.75 Å². The third kappa shape index (κ3) is 5.39. The lowest BCUT2D eigenvalue weighted by atomic mass is 10.2. The number of thiazole rings is 1. The number of rotatable bonds is 7. The standard InChI is InChI=1S/C20H16N4O4S3/c21-31(26,27)15-8-5-13(6-9-15)17-10-7-14(28-17)11-22-24-19(25)12-29-20-23-16-3-1-2-4-18(16)30-20/h1-11H,12H2,(H,24,25)(H2,21,26,27)/b22-11+. The Bertz CT molecular complexity index is 1330. The van der Waals surface area contributed by atoms with E-state index in [9.17, 15) is 13.2 Å². The van der Waals surface area contributed by atoms with Crippen LogP contribution in [0, 0.1) is 0 Å². The number of aromatic nitrogens is 1. The number of nitrogens with two attached hydrogens (primary N) is 1. The second kappa shape index (κ2) is 9.02. The van der Waals surface area contributed by atoms with Crippen LogP contribution in [0.5, 0.6) is 0 Å². The topological polar surface area (TPSA) is 128 Å². The molecule has 8 nitrogen and oxygen atoms in total. The smallest absolute Gasteiger partial charge is 0.250 e. The maximum Gasteiger partial charge on any atom is 0.250 e. The van der Waals surface area contributed by atoms with Gasteiger partial charge in [-0.05, 0) is 48.5 Å². The number of primary sulfonamides is 1. The average molecular weight is 473 g/mol. The fraction of sp³-hybridized carbons (Fsp3) is 0.0500. The Kier molecular flexibility index (Phi) is 6.18. The monoisotopic (exact) mass is 472 g/mol. The summed E-state index contributed by atoms with van der Waals surface area (Å²) in [5, 5.41) is 9.00. The highest BCUT2D eigenvalue weighted by atomic mass is 32.2. The van der Waals surface area contributed by atoms with E-state index in [0.717, 1.165) is 14.6 Å². The number of benzene rings is 2. The molecule has 11 heteroatoms. The number of hydrogen-bond acceptors (Lipinski definition) is 8. The first kappa shape index (κ1) is 21.2. The number of hydrogen-bond donors (Lipinski definition) is 2. The third-order valence-corrected chi connectivity index (χ3v) is 7.18. The zero-order valence-electron chi connectivity index (χ0n) is 15.9. The Morgan fingerprint density at radius 1 is 1.16 bits per heavy atom. The number of amides is 1. The lowest BCUT2D eigenvalue weighted by molar-refractivity contribution is -0.118. The normalized spacial score (nSPS) is 11.9. The third-order valence-electron chi connectivity index (χ3n) is 4.08. The molecule has 0 saturated carbocycles. The molecule has 0 aliphatic rings. The Hall–Kier alpha value is -2.99. The van der Waals surface area contributed by atoms with Crippen LogP contribution in [0.2, 0.25) is 0 Å². The van der Waals surface area contributed by atoms with Gasteiger partial charge in [-0.25, -0.2) is 24.0 Å². The number of hydrazone groups is 1. The van der Waals surface area contributed by atoms with Gasteiger partial charge in [0.25, 0.3) is 5.91 Å². The van der Waals surface area contributed by atoms with E-state index in [1.54, 1.807) is 35.6 Å². The fourth-order valence-electron chi connectivity index (χ4n) is 2.63. The van der Waals surface area contributed by atoms with Gasteiger partial charge in [0, 0.05) is 5.56 Å². The van der Waals surface area contributed by atoms with E-state index in [-0.39, 0.29) is 16.6 Å². The van der Waals surface area contributed by atoms with Crippen LogP contribution in [0.25, 0.3) is 21.5 Å². The Labute approximate surface area is 186 Å². The second-order valence-corrected chi connectivity index (χ2v) is 10.1. The zero-order chi connectivity index (χ0) is 21.8. The quantitative estimate of drug-likeness (QED) is 0.241. The maximum absolute atomic E-state index is 12.0. The van der Waals surface area contributed by atoms with Crippen molar-refractivity contribution >= 4 is 55.5 Å². The summed E-state index contributed by atoms with van der Waals surface area (Å²) in [5.41, 5.74) is 4.06. The molecule has 0 atom stereocenters. The molecule has 1 amide bonds. The van der Waals surface area contributed by atoms with E-state index in [2.05, 4.69) is 15.5 Å². The zero-order valence-corrected chi connectivity index (χ0v) is 18.3. The van der Waals surface area contributed by atoms with E-state index in [4.69, 9.17) is 9.56 Å². The fourth-order valence-corrected chi connectivity index (χ4v) is 5.00. The van der Waals surface area contributed by atoms with Gasteiger partial charge in [0.2, 0.25) is 10.0 Å². The van der Waals surface area contributed by atoms with Crippen LogP contribution in [0.3, 0.4) is 0 Å². The number of thioether (sulfide) groups is 1. The maximum atomic E-state index is 12.0. The number of sulfonamides is 1. The summed E-state index contributed by atoms with van der Waals surface area (Å²) in [7, 11) is -3.74. The van der Waals surface area contributed by atoms with Gasteiger partial charge in [0.05, 0.1) is 27.1 Å². The Balaban J connectivity index is 1.31. The minimum absolute atomic E-state index is 0.0241. The molecule has 0 unspecified atom stereocenters. The van der Waals surface area contributed by atoms with Gasteiger partial charge in [-0.1, -0.05) is 23.9 Å². The van der Waals surface area contributed by atoms with Crippen molar-refractivity contribution in [2.24, 2.45) is 10.2 Å². The molecule has 4 aromatic rings. The van der Waals surface area contributed by atoms with Gasteiger partial charge in [0.1, 0.15) is 11.5 Å². The molecule has 2 aromatic carbocycles. The first-order valence-corrected chi connectivity index (χ1v) is 12.3. The Morgan fingerprint density at radius 2 is 1.94 bits per heavy atom. The first-order valence-electron chi connectivity index (χ1n) is 8.92. The number of carbonyl (C=O) groups is 1. The van der Waals surface area contributed by atoms with Gasteiger partial charge in [-0.2, -0.15) is 5.10 Å². The lowest BCUT2D eigenvalue weighted by Crippen LogP contribution is -2.19. The molecule has 158 valence electrons. The predicted molar refractivity (Wildman–Crippen MR) is 122 cm³/mol. The van der Waals surface area contributed by atoms with Crippen molar-refractivity contribution in [1.82, 2.24) is 10.4 Å². The van der Waals surface area contributed by atoms with E-state index in [0.29, 0.717) is 17.1 Å². The van der Waals surface area contributed by atoms with Crippen molar-refractivity contribution in [3.8, 4) is 11.3 Å². The molecule has 2 aromatic heterocycles. The van der Waals surface area contributed by atoms with Crippen LogP contribution in [-0.2, 0) is 14.8 Å². The first-order chi connectivity index (χ1) is 14.9. The number of nitrogens with one attached hydrogen (secondary N) is 1. The van der Waals surface area contributed by atoms with E-state index < -0.39 is 10.0 Å². The SMILES string of the molecule is NS(=O)(=O)c1ccc(-c2ccc(/C=N/NC(=O)CSc3nc4ccccc4s3)o2)cc1. The highest BCUT2D eigenvalue weighted by Gasteiger charge is 2.10. The van der Waals surface area contributed by atoms with Crippen molar-refractivity contribution in [3.63, 3.8) is 0 Å². The summed E-state index contributed by atoms with van der Waals surface area (Å²) in [6.45, 7) is 0. The molecular formula is C20H16N4O4S3. The average Bonchev–Trinajstić information content (AvgIpc) is 3.38. The largest absolute Gasteiger partial charge is 0.455 e. The molecule has 0 spiro atoms. The summed E-state index contributed by atoms with van der Waals surface area (Å²) in [6, 6.07) is 17.2. The minimum atomic E-state index is -3.74. The lowest BCUT2D eigenvalue weighted by Gasteiger charge is -2.00. The summed E-state index contributed by atoms with van der Waals surface area (Å²) >= 11 is 2.89. The minimum Gasteiger partial charge on any atom is -0.455 e. The van der Waals surface area contributed by atoms with Gasteiger partial charge in [-0.15, -0.1) is 11.3 Å². The van der Waals surface area contributed by atoms with Crippen molar-refractivity contribution in [2.45, 2.75) is 9.24 Å². The van der Waals surface area contributed by atoms with Crippen molar-refractivity contribution in [1.29, 1.82) is 0 Å². The van der Waals surface area contributed by atoms with E-state index in [1.807, 2.05) is 24.3 Å². The number of carbonyl (C=O) groups excluding carboxylic acids is 1. The van der Waals surface area contributed by atoms with Crippen molar-refractivity contribution in [3.05, 3.63) is 66.4 Å². The molecule has 3 N–H and O–H groups in total. The molecule has 0 bridgehead atoms. The summed E-state index contributed by atoms with van der Waals surface area (Å²) in [6.07, 6.45) is 1.39. The van der Waals surface area contributed by atoms with Gasteiger partial charge < -0.3 is 4.42 Å². The highest BCUT2D eigenvalue weighted by molar-refractivity contribution is 8.01. The van der Waals surface area contributed by atoms with Gasteiger partial charge in [0.15, 0.2) is 4.34 Å². The van der Waals surface area contributed by atoms with E-state index >= 15 is 0 Å². The van der Waals surface area contributed by atoms with Crippen LogP contribution in [0.1, 0.15) is 5.76 Å². The molecule has 2 heterocycles. The molecule has 0 fully saturated rings. The van der Waals surface area contributed by atoms with Crippen LogP contribution < -0.4 is 10.6 Å². The van der Waals surface area contributed by atoms with Gasteiger partial charge in [-0.3, -0.25) is 4.79 Å². The molecule has 0 radical (unpaired) electrons. The molecule has 0 aliphatic carbocycles. The second-order valence-electron chi connectivity index (χ2n) is 6.30. The van der Waals surface area contributed by atoms with Crippen LogP contribution >= 0.6 is 23.1 Å².